The van der Waals surface area contributed by atoms with Crippen LogP contribution in [0.15, 0.2) is 24.0 Å². The first-order valence-electron chi connectivity index (χ1n) is 4.61. The second-order valence-electron chi connectivity index (χ2n) is 3.28. The van der Waals surface area contributed by atoms with Crippen LogP contribution in [0.25, 0.3) is 6.08 Å². The van der Waals surface area contributed by atoms with Gasteiger partial charge in [-0.05, 0) is 32.4 Å². The lowest BCUT2D eigenvalue weighted by Crippen LogP contribution is -1.91. The minimum Gasteiger partial charge on any atom is -0.354 e. The van der Waals surface area contributed by atoms with Crippen LogP contribution in [0.1, 0.15) is 26.3 Å². The Balaban J connectivity index is 2.79. The summed E-state index contributed by atoms with van der Waals surface area (Å²) in [4.78, 5) is 0. The van der Waals surface area contributed by atoms with Crippen molar-refractivity contribution in [3.05, 3.63) is 29.6 Å². The van der Waals surface area contributed by atoms with E-state index < -0.39 is 0 Å². The van der Waals surface area contributed by atoms with Crippen molar-refractivity contribution in [2.75, 3.05) is 0 Å². The first-order valence-corrected chi connectivity index (χ1v) is 5.05. The summed E-state index contributed by atoms with van der Waals surface area (Å²) in [5.41, 5.74) is 2.43. The fourth-order valence-electron chi connectivity index (χ4n) is 1.12. The Morgan fingerprint density at radius 3 is 2.85 bits per heavy atom. The topological polar surface area (TPSA) is 4.93 Å². The van der Waals surface area contributed by atoms with Gasteiger partial charge in [-0.1, -0.05) is 11.6 Å². The monoisotopic (exact) mass is 197 g/mol. The van der Waals surface area contributed by atoms with E-state index in [1.54, 1.807) is 0 Å². The van der Waals surface area contributed by atoms with Gasteiger partial charge in [0.2, 0.25) is 0 Å². The molecule has 0 saturated heterocycles. The Bertz CT molecular complexity index is 297. The van der Waals surface area contributed by atoms with Crippen LogP contribution in [0.4, 0.5) is 0 Å². The predicted molar refractivity (Wildman–Crippen MR) is 59.1 cm³/mol. The Kier molecular flexibility index (Phi) is 3.61. The maximum atomic E-state index is 5.94. The molecular weight excluding hydrogens is 182 g/mol. The standard InChI is InChI=1S/C11H16ClN/c1-4-13-6-5-11(8-13)7-9(2)10(3)12/h5-8,10H,4H2,1-3H3/b9-7-. The van der Waals surface area contributed by atoms with E-state index in [1.807, 2.05) is 6.92 Å². The van der Waals surface area contributed by atoms with Crippen molar-refractivity contribution in [2.24, 2.45) is 0 Å². The van der Waals surface area contributed by atoms with Crippen molar-refractivity contribution < 1.29 is 0 Å². The number of allylic oxidation sites excluding steroid dienone is 1. The van der Waals surface area contributed by atoms with Crippen LogP contribution in [0, 0.1) is 0 Å². The van der Waals surface area contributed by atoms with Gasteiger partial charge in [0, 0.05) is 18.9 Å². The van der Waals surface area contributed by atoms with E-state index in [0.29, 0.717) is 0 Å². The number of aryl methyl sites for hydroxylation is 1. The Hall–Kier alpha value is -0.690. The molecule has 2 heteroatoms. The third-order valence-corrected chi connectivity index (χ3v) is 2.50. The molecule has 1 nitrogen and oxygen atoms in total. The van der Waals surface area contributed by atoms with Crippen molar-refractivity contribution in [3.8, 4) is 0 Å². The Morgan fingerprint density at radius 2 is 2.38 bits per heavy atom. The van der Waals surface area contributed by atoms with Gasteiger partial charge in [0.25, 0.3) is 0 Å². The van der Waals surface area contributed by atoms with E-state index in [0.717, 1.165) is 6.54 Å². The average molecular weight is 198 g/mol. The first-order chi connectivity index (χ1) is 6.13. The third kappa shape index (κ3) is 2.92. The predicted octanol–water partition coefficient (Wildman–Crippen LogP) is 3.54. The highest BCUT2D eigenvalue weighted by molar-refractivity contribution is 6.22. The lowest BCUT2D eigenvalue weighted by Gasteiger charge is -2.00. The summed E-state index contributed by atoms with van der Waals surface area (Å²) in [6, 6.07) is 2.10. The van der Waals surface area contributed by atoms with Gasteiger partial charge in [-0.25, -0.2) is 0 Å². The van der Waals surface area contributed by atoms with Gasteiger partial charge in [-0.2, -0.15) is 0 Å². The van der Waals surface area contributed by atoms with Gasteiger partial charge in [-0.15, -0.1) is 11.6 Å². The lowest BCUT2D eigenvalue weighted by molar-refractivity contribution is 0.769. The number of halogens is 1. The molecule has 1 aromatic rings. The molecule has 0 fully saturated rings. The first kappa shape index (κ1) is 10.4. The van der Waals surface area contributed by atoms with Crippen molar-refractivity contribution in [1.82, 2.24) is 4.57 Å². The molecule has 0 spiro atoms. The maximum absolute atomic E-state index is 5.94. The maximum Gasteiger partial charge on any atom is 0.0517 e. The highest BCUT2D eigenvalue weighted by atomic mass is 35.5. The summed E-state index contributed by atoms with van der Waals surface area (Å²) in [6.07, 6.45) is 6.34. The molecule has 1 rings (SSSR count). The zero-order valence-corrected chi connectivity index (χ0v) is 9.17. The van der Waals surface area contributed by atoms with Crippen molar-refractivity contribution in [3.63, 3.8) is 0 Å². The average Bonchev–Trinajstić information content (AvgIpc) is 2.52. The van der Waals surface area contributed by atoms with Gasteiger partial charge in [0.15, 0.2) is 0 Å². The molecule has 0 aliphatic carbocycles. The van der Waals surface area contributed by atoms with Gasteiger partial charge in [0.05, 0.1) is 5.38 Å². The smallest absolute Gasteiger partial charge is 0.0517 e. The molecule has 72 valence electrons. The molecule has 0 N–H and O–H groups in total. The molecule has 13 heavy (non-hydrogen) atoms. The van der Waals surface area contributed by atoms with E-state index in [1.165, 1.54) is 11.1 Å². The number of hydrogen-bond donors (Lipinski definition) is 0. The third-order valence-electron chi connectivity index (χ3n) is 2.16. The summed E-state index contributed by atoms with van der Waals surface area (Å²) in [6.45, 7) is 7.19. The fraction of sp³-hybridized carbons (Fsp3) is 0.455. The van der Waals surface area contributed by atoms with E-state index in [4.69, 9.17) is 11.6 Å². The molecule has 1 atom stereocenters. The molecule has 0 bridgehead atoms. The summed E-state index contributed by atoms with van der Waals surface area (Å²) >= 11 is 5.94. The number of rotatable bonds is 3. The molecule has 0 radical (unpaired) electrons. The number of nitrogens with zero attached hydrogens (tertiary/aromatic N) is 1. The molecule has 0 aromatic carbocycles. The van der Waals surface area contributed by atoms with Gasteiger partial charge in [0.1, 0.15) is 0 Å². The fourth-order valence-corrected chi connectivity index (χ4v) is 1.18. The van der Waals surface area contributed by atoms with Crippen LogP contribution in [0.2, 0.25) is 0 Å². The van der Waals surface area contributed by atoms with Crippen LogP contribution in [-0.2, 0) is 6.54 Å². The number of alkyl halides is 1. The van der Waals surface area contributed by atoms with E-state index in [9.17, 15) is 0 Å². The molecule has 1 aromatic heterocycles. The van der Waals surface area contributed by atoms with Crippen molar-refractivity contribution in [2.45, 2.75) is 32.7 Å². The zero-order chi connectivity index (χ0) is 9.84. The molecular formula is C11H16ClN. The van der Waals surface area contributed by atoms with Crippen LogP contribution >= 0.6 is 11.6 Å². The van der Waals surface area contributed by atoms with E-state index in [2.05, 4.69) is 43.0 Å². The summed E-state index contributed by atoms with van der Waals surface area (Å²) in [7, 11) is 0. The van der Waals surface area contributed by atoms with E-state index in [-0.39, 0.29) is 5.38 Å². The normalized spacial score (nSPS) is 14.6. The Labute approximate surface area is 85.0 Å². The Morgan fingerprint density at radius 1 is 1.69 bits per heavy atom. The quantitative estimate of drug-likeness (QED) is 0.654. The van der Waals surface area contributed by atoms with Crippen molar-refractivity contribution in [1.29, 1.82) is 0 Å². The van der Waals surface area contributed by atoms with Gasteiger partial charge < -0.3 is 4.57 Å². The second-order valence-corrected chi connectivity index (χ2v) is 3.93. The second kappa shape index (κ2) is 4.52. The van der Waals surface area contributed by atoms with Gasteiger partial charge in [-0.3, -0.25) is 0 Å². The molecule has 1 heterocycles. The van der Waals surface area contributed by atoms with Crippen LogP contribution in [-0.4, -0.2) is 9.94 Å². The van der Waals surface area contributed by atoms with Crippen molar-refractivity contribution >= 4 is 17.7 Å². The minimum atomic E-state index is 0.116. The van der Waals surface area contributed by atoms with Crippen LogP contribution < -0.4 is 0 Å². The molecule has 0 saturated carbocycles. The van der Waals surface area contributed by atoms with Gasteiger partial charge >= 0.3 is 0 Å². The summed E-state index contributed by atoms with van der Waals surface area (Å²) in [5, 5.41) is 0.116. The summed E-state index contributed by atoms with van der Waals surface area (Å²) in [5.74, 6) is 0. The highest BCUT2D eigenvalue weighted by Gasteiger charge is 1.99. The molecule has 0 aliphatic rings. The van der Waals surface area contributed by atoms with Crippen LogP contribution in [0.3, 0.4) is 0 Å². The van der Waals surface area contributed by atoms with Crippen LogP contribution in [0.5, 0.6) is 0 Å². The summed E-state index contributed by atoms with van der Waals surface area (Å²) < 4.78 is 2.15. The van der Waals surface area contributed by atoms with E-state index >= 15 is 0 Å². The molecule has 1 unspecified atom stereocenters. The zero-order valence-electron chi connectivity index (χ0n) is 8.42. The lowest BCUT2D eigenvalue weighted by atomic mass is 10.1. The highest BCUT2D eigenvalue weighted by Crippen LogP contribution is 2.13. The number of hydrogen-bond acceptors (Lipinski definition) is 0. The largest absolute Gasteiger partial charge is 0.354 e. The molecule has 0 aliphatic heterocycles. The minimum absolute atomic E-state index is 0.116. The number of aromatic nitrogens is 1. The SMILES string of the molecule is CCn1ccc(/C=C(/C)C(C)Cl)c1. The molecule has 0 amide bonds.